The molecule has 2 aromatic rings. The molecule has 1 aromatic carbocycles. The van der Waals surface area contributed by atoms with Gasteiger partial charge in [0, 0.05) is 22.7 Å². The van der Waals surface area contributed by atoms with Gasteiger partial charge in [-0.3, -0.25) is 0 Å². The second-order valence-corrected chi connectivity index (χ2v) is 10.5. The van der Waals surface area contributed by atoms with E-state index in [1.165, 1.54) is 0 Å². The van der Waals surface area contributed by atoms with Gasteiger partial charge in [-0.15, -0.1) is 0 Å². The molecule has 0 aliphatic carbocycles. The summed E-state index contributed by atoms with van der Waals surface area (Å²) in [6, 6.07) is 7.70. The SMILES string of the molecule is CC(C)c1nc(CNS(C)(=O)=O)n(CN2C=CC=CC2)c1Sc1cccc(Cl)c1. The Bertz CT molecular complexity index is 1030. The zero-order valence-corrected chi connectivity index (χ0v) is 19.1. The molecule has 0 amide bonds. The van der Waals surface area contributed by atoms with Crippen LogP contribution in [-0.4, -0.2) is 35.7 Å². The summed E-state index contributed by atoms with van der Waals surface area (Å²) in [5, 5.41) is 1.67. The molecule has 0 radical (unpaired) electrons. The summed E-state index contributed by atoms with van der Waals surface area (Å²) < 4.78 is 28.0. The molecule has 1 N–H and O–H groups in total. The number of sulfonamides is 1. The van der Waals surface area contributed by atoms with Crippen LogP contribution in [0.15, 0.2) is 58.6 Å². The van der Waals surface area contributed by atoms with Crippen molar-refractivity contribution in [3.8, 4) is 0 Å². The van der Waals surface area contributed by atoms with E-state index < -0.39 is 10.0 Å². The lowest BCUT2D eigenvalue weighted by atomic mass is 10.1. The van der Waals surface area contributed by atoms with E-state index in [9.17, 15) is 8.42 Å². The summed E-state index contributed by atoms with van der Waals surface area (Å²) >= 11 is 7.77. The molecular weight excluding hydrogens is 428 g/mol. The molecule has 1 aliphatic heterocycles. The molecule has 9 heteroatoms. The van der Waals surface area contributed by atoms with Crippen molar-refractivity contribution >= 4 is 33.4 Å². The van der Waals surface area contributed by atoms with Crippen LogP contribution in [0.2, 0.25) is 5.02 Å². The number of imidazole rings is 1. The van der Waals surface area contributed by atoms with Gasteiger partial charge in [-0.05, 0) is 30.2 Å². The zero-order chi connectivity index (χ0) is 21.0. The first-order chi connectivity index (χ1) is 13.7. The predicted octanol–water partition coefficient (Wildman–Crippen LogP) is 4.20. The minimum atomic E-state index is -3.33. The average molecular weight is 453 g/mol. The van der Waals surface area contributed by atoms with E-state index >= 15 is 0 Å². The standard InChI is InChI=1S/C20H25ClN4O2S2/c1-15(2)19-20(28-17-9-7-8-16(21)12-17)25(14-24-10-5-4-6-11-24)18(23-19)13-22-29(3,26)27/h4-10,12,15,22H,11,13-14H2,1-3H3. The van der Waals surface area contributed by atoms with Gasteiger partial charge in [0.1, 0.15) is 10.9 Å². The van der Waals surface area contributed by atoms with Crippen LogP contribution in [0.5, 0.6) is 0 Å². The third-order valence-corrected chi connectivity index (χ3v) is 6.30. The van der Waals surface area contributed by atoms with Gasteiger partial charge in [-0.2, -0.15) is 0 Å². The number of aromatic nitrogens is 2. The molecule has 0 bridgehead atoms. The molecule has 0 spiro atoms. The molecule has 0 saturated heterocycles. The van der Waals surface area contributed by atoms with Crippen LogP contribution < -0.4 is 4.72 Å². The van der Waals surface area contributed by atoms with E-state index in [1.807, 2.05) is 42.6 Å². The molecule has 0 atom stereocenters. The highest BCUT2D eigenvalue weighted by Crippen LogP contribution is 2.36. The highest BCUT2D eigenvalue weighted by atomic mass is 35.5. The van der Waals surface area contributed by atoms with Crippen LogP contribution in [0, 0.1) is 0 Å². The van der Waals surface area contributed by atoms with E-state index in [1.54, 1.807) is 11.8 Å². The van der Waals surface area contributed by atoms with Crippen LogP contribution in [0.4, 0.5) is 0 Å². The van der Waals surface area contributed by atoms with Gasteiger partial charge in [0.2, 0.25) is 10.0 Å². The third kappa shape index (κ3) is 6.12. The van der Waals surface area contributed by atoms with Gasteiger partial charge in [0.05, 0.1) is 25.2 Å². The molecule has 29 heavy (non-hydrogen) atoms. The Morgan fingerprint density at radius 2 is 2.10 bits per heavy atom. The minimum absolute atomic E-state index is 0.141. The van der Waals surface area contributed by atoms with Crippen molar-refractivity contribution in [1.29, 1.82) is 0 Å². The van der Waals surface area contributed by atoms with E-state index in [4.69, 9.17) is 16.6 Å². The first-order valence-corrected chi connectivity index (χ1v) is 12.4. The predicted molar refractivity (Wildman–Crippen MR) is 119 cm³/mol. The molecule has 2 heterocycles. The molecule has 0 saturated carbocycles. The molecular formula is C20H25ClN4O2S2. The van der Waals surface area contributed by atoms with Gasteiger partial charge in [0.15, 0.2) is 0 Å². The molecule has 0 unspecified atom stereocenters. The van der Waals surface area contributed by atoms with Crippen LogP contribution in [0.1, 0.15) is 31.3 Å². The maximum absolute atomic E-state index is 11.7. The smallest absolute Gasteiger partial charge is 0.209 e. The molecule has 6 nitrogen and oxygen atoms in total. The van der Waals surface area contributed by atoms with E-state index in [2.05, 4.69) is 34.1 Å². The molecule has 1 aromatic heterocycles. The number of allylic oxidation sites excluding steroid dienone is 2. The summed E-state index contributed by atoms with van der Waals surface area (Å²) in [5.74, 6) is 0.873. The highest BCUT2D eigenvalue weighted by molar-refractivity contribution is 7.99. The van der Waals surface area contributed by atoms with Crippen molar-refractivity contribution in [3.05, 3.63) is 65.2 Å². The second-order valence-electron chi connectivity index (χ2n) is 7.14. The van der Waals surface area contributed by atoms with Gasteiger partial charge < -0.3 is 9.47 Å². The largest absolute Gasteiger partial charge is 0.356 e. The fourth-order valence-corrected chi connectivity index (χ4v) is 4.76. The maximum Gasteiger partial charge on any atom is 0.209 e. The number of nitrogens with zero attached hydrogens (tertiary/aromatic N) is 3. The lowest BCUT2D eigenvalue weighted by molar-refractivity contribution is 0.312. The van der Waals surface area contributed by atoms with Gasteiger partial charge in [-0.25, -0.2) is 18.1 Å². The van der Waals surface area contributed by atoms with Gasteiger partial charge >= 0.3 is 0 Å². The van der Waals surface area contributed by atoms with Crippen molar-refractivity contribution in [3.63, 3.8) is 0 Å². The second kappa shape index (κ2) is 9.38. The molecule has 0 fully saturated rings. The quantitative estimate of drug-likeness (QED) is 0.650. The topological polar surface area (TPSA) is 67.2 Å². The van der Waals surface area contributed by atoms with Crippen molar-refractivity contribution in [2.24, 2.45) is 0 Å². The Morgan fingerprint density at radius 1 is 1.31 bits per heavy atom. The number of hydrogen-bond acceptors (Lipinski definition) is 5. The fourth-order valence-electron chi connectivity index (χ4n) is 2.90. The summed E-state index contributed by atoms with van der Waals surface area (Å²) in [5.41, 5.74) is 0.941. The molecule has 1 aliphatic rings. The zero-order valence-electron chi connectivity index (χ0n) is 16.7. The average Bonchev–Trinajstić information content (AvgIpc) is 2.98. The van der Waals surface area contributed by atoms with E-state index in [0.717, 1.165) is 28.4 Å². The first-order valence-electron chi connectivity index (χ1n) is 9.27. The molecule has 3 rings (SSSR count). The van der Waals surface area contributed by atoms with Crippen molar-refractivity contribution in [2.75, 3.05) is 12.8 Å². The lowest BCUT2D eigenvalue weighted by Gasteiger charge is -2.24. The number of halogens is 1. The number of benzene rings is 1. The summed E-state index contributed by atoms with van der Waals surface area (Å²) in [6.07, 6.45) is 9.26. The molecule has 156 valence electrons. The first kappa shape index (κ1) is 22.0. The van der Waals surface area contributed by atoms with Crippen molar-refractivity contribution in [2.45, 2.75) is 42.9 Å². The Labute approximate surface area is 181 Å². The third-order valence-electron chi connectivity index (χ3n) is 4.28. The van der Waals surface area contributed by atoms with Crippen LogP contribution in [-0.2, 0) is 23.2 Å². The maximum atomic E-state index is 11.7. The van der Waals surface area contributed by atoms with Crippen LogP contribution >= 0.6 is 23.4 Å². The van der Waals surface area contributed by atoms with Crippen molar-refractivity contribution < 1.29 is 8.42 Å². The highest BCUT2D eigenvalue weighted by Gasteiger charge is 2.22. The number of rotatable bonds is 8. The fraction of sp³-hybridized carbons (Fsp3) is 0.350. The summed E-state index contributed by atoms with van der Waals surface area (Å²) in [6.45, 7) is 5.68. The number of hydrogen-bond donors (Lipinski definition) is 1. The number of nitrogens with one attached hydrogen (secondary N) is 1. The Balaban J connectivity index is 2.02. The van der Waals surface area contributed by atoms with Crippen LogP contribution in [0.3, 0.4) is 0 Å². The van der Waals surface area contributed by atoms with Crippen LogP contribution in [0.25, 0.3) is 0 Å². The monoisotopic (exact) mass is 452 g/mol. The lowest BCUT2D eigenvalue weighted by Crippen LogP contribution is -2.27. The normalized spacial score (nSPS) is 14.2. The van der Waals surface area contributed by atoms with Gasteiger partial charge in [0.25, 0.3) is 0 Å². The summed E-state index contributed by atoms with van der Waals surface area (Å²) in [7, 11) is -3.33. The Hall–Kier alpha value is -1.74. The Kier molecular flexibility index (Phi) is 7.10. The van der Waals surface area contributed by atoms with E-state index in [0.29, 0.717) is 17.5 Å². The summed E-state index contributed by atoms with van der Waals surface area (Å²) in [4.78, 5) is 7.97. The van der Waals surface area contributed by atoms with E-state index in [-0.39, 0.29) is 12.5 Å². The van der Waals surface area contributed by atoms with Crippen molar-refractivity contribution in [1.82, 2.24) is 19.2 Å². The van der Waals surface area contributed by atoms with Gasteiger partial charge in [-0.1, -0.05) is 55.4 Å². The minimum Gasteiger partial charge on any atom is -0.356 e. The Morgan fingerprint density at radius 3 is 2.72 bits per heavy atom.